The highest BCUT2D eigenvalue weighted by Crippen LogP contribution is 2.20. The van der Waals surface area contributed by atoms with Crippen LogP contribution in [0.25, 0.3) is 11.1 Å². The minimum atomic E-state index is -3.57. The molecule has 0 saturated carbocycles. The van der Waals surface area contributed by atoms with Crippen LogP contribution in [-0.2, 0) is 10.0 Å². The molecule has 3 rings (SSSR count). The molecule has 0 atom stereocenters. The lowest BCUT2D eigenvalue weighted by atomic mass is 10.1. The van der Waals surface area contributed by atoms with Gasteiger partial charge in [-0.05, 0) is 23.3 Å². The summed E-state index contributed by atoms with van der Waals surface area (Å²) in [5.41, 5.74) is 2.93. The lowest BCUT2D eigenvalue weighted by Gasteiger charge is -2.13. The highest BCUT2D eigenvalue weighted by atomic mass is 32.2. The van der Waals surface area contributed by atoms with Crippen LogP contribution in [0.2, 0.25) is 0 Å². The summed E-state index contributed by atoms with van der Waals surface area (Å²) in [6.07, 6.45) is 1.66. The molecule has 0 spiro atoms. The van der Waals surface area contributed by atoms with Crippen LogP contribution in [0, 0.1) is 0 Å². The van der Waals surface area contributed by atoms with E-state index < -0.39 is 10.0 Å². The molecule has 2 aromatic carbocycles. The Labute approximate surface area is 165 Å². The smallest absolute Gasteiger partial charge is 0.240 e. The van der Waals surface area contributed by atoms with Gasteiger partial charge in [-0.2, -0.15) is 5.10 Å². The first-order chi connectivity index (χ1) is 13.5. The molecule has 0 aliphatic carbocycles. The highest BCUT2D eigenvalue weighted by molar-refractivity contribution is 7.89. The molecule has 0 fully saturated rings. The quantitative estimate of drug-likeness (QED) is 0.568. The first-order valence-corrected chi connectivity index (χ1v) is 10.3. The molecule has 0 bridgehead atoms. The monoisotopic (exact) mass is 397 g/mol. The predicted octanol–water partition coefficient (Wildman–Crippen LogP) is 2.60. The Hall–Kier alpha value is -2.97. The molecule has 0 unspecified atom stereocenters. The van der Waals surface area contributed by atoms with E-state index in [-0.39, 0.29) is 11.4 Å². The van der Waals surface area contributed by atoms with Gasteiger partial charge in [0.25, 0.3) is 0 Å². The van der Waals surface area contributed by atoms with Crippen molar-refractivity contribution in [3.05, 3.63) is 66.9 Å². The van der Waals surface area contributed by atoms with Crippen molar-refractivity contribution >= 4 is 21.5 Å². The average molecular weight is 398 g/mol. The Morgan fingerprint density at radius 2 is 1.61 bits per heavy atom. The van der Waals surface area contributed by atoms with E-state index in [1.165, 1.54) is 0 Å². The van der Waals surface area contributed by atoms with Gasteiger partial charge in [0.2, 0.25) is 10.0 Å². The fourth-order valence-electron chi connectivity index (χ4n) is 2.60. The molecule has 146 valence electrons. The third-order valence-corrected chi connectivity index (χ3v) is 5.63. The van der Waals surface area contributed by atoms with Crippen LogP contribution >= 0.6 is 0 Å². The lowest BCUT2D eigenvalue weighted by molar-refractivity contribution is 0.583. The van der Waals surface area contributed by atoms with Gasteiger partial charge in [0.05, 0.1) is 16.8 Å². The number of nitrogens with one attached hydrogen (secondary N) is 2. The molecule has 1 aromatic heterocycles. The summed E-state index contributed by atoms with van der Waals surface area (Å²) in [4.78, 5) is 2.16. The van der Waals surface area contributed by atoms with Crippen LogP contribution in [0.3, 0.4) is 0 Å². The van der Waals surface area contributed by atoms with Crippen LogP contribution in [0.4, 0.5) is 11.5 Å². The van der Waals surface area contributed by atoms with Crippen LogP contribution in [0.1, 0.15) is 0 Å². The van der Waals surface area contributed by atoms with Gasteiger partial charge < -0.3 is 10.2 Å². The van der Waals surface area contributed by atoms with E-state index in [1.807, 2.05) is 67.5 Å². The molecule has 2 N–H and O–H groups in total. The molecular weight excluding hydrogens is 374 g/mol. The largest absolute Gasteiger partial charge is 0.376 e. The number of nitrogens with zero attached hydrogens (tertiary/aromatic N) is 3. The minimum absolute atomic E-state index is 0.233. The van der Waals surface area contributed by atoms with Gasteiger partial charge in [-0.15, -0.1) is 5.10 Å². The first kappa shape index (κ1) is 19.8. The molecular formula is C20H23N5O2S. The van der Waals surface area contributed by atoms with Crippen molar-refractivity contribution in [2.24, 2.45) is 0 Å². The summed E-state index contributed by atoms with van der Waals surface area (Å²) in [5, 5.41) is 11.0. The van der Waals surface area contributed by atoms with E-state index in [0.717, 1.165) is 16.8 Å². The highest BCUT2D eigenvalue weighted by Gasteiger charge is 2.13. The number of anilines is 2. The van der Waals surface area contributed by atoms with E-state index in [9.17, 15) is 8.42 Å². The van der Waals surface area contributed by atoms with E-state index in [1.54, 1.807) is 18.3 Å². The minimum Gasteiger partial charge on any atom is -0.376 e. The topological polar surface area (TPSA) is 87.2 Å². The molecule has 0 aliphatic heterocycles. The van der Waals surface area contributed by atoms with Crippen LogP contribution < -0.4 is 14.9 Å². The Bertz CT molecular complexity index is 1010. The predicted molar refractivity (Wildman–Crippen MR) is 112 cm³/mol. The van der Waals surface area contributed by atoms with Crippen molar-refractivity contribution in [3.8, 4) is 11.1 Å². The molecule has 28 heavy (non-hydrogen) atoms. The maximum atomic E-state index is 12.5. The zero-order chi connectivity index (χ0) is 20.0. The summed E-state index contributed by atoms with van der Waals surface area (Å²) in [5.74, 6) is 0.595. The maximum absolute atomic E-state index is 12.5. The number of hydrogen-bond acceptors (Lipinski definition) is 6. The number of benzene rings is 2. The van der Waals surface area contributed by atoms with E-state index >= 15 is 0 Å². The van der Waals surface area contributed by atoms with Gasteiger partial charge >= 0.3 is 0 Å². The van der Waals surface area contributed by atoms with Crippen molar-refractivity contribution < 1.29 is 8.42 Å². The summed E-state index contributed by atoms with van der Waals surface area (Å²) < 4.78 is 27.5. The van der Waals surface area contributed by atoms with E-state index in [0.29, 0.717) is 12.4 Å². The zero-order valence-electron chi connectivity index (χ0n) is 15.8. The molecule has 0 amide bonds. The van der Waals surface area contributed by atoms with Crippen LogP contribution in [0.15, 0.2) is 71.8 Å². The van der Waals surface area contributed by atoms with Gasteiger partial charge in [0.1, 0.15) is 0 Å². The SMILES string of the molecule is CN(C)c1cnnc(NCCNS(=O)(=O)c2ccc(-c3ccccc3)cc2)c1. The van der Waals surface area contributed by atoms with Crippen LogP contribution in [0.5, 0.6) is 0 Å². The molecule has 7 nitrogen and oxygen atoms in total. The van der Waals surface area contributed by atoms with Crippen molar-refractivity contribution in [3.63, 3.8) is 0 Å². The fraction of sp³-hybridized carbons (Fsp3) is 0.200. The van der Waals surface area contributed by atoms with E-state index in [4.69, 9.17) is 0 Å². The van der Waals surface area contributed by atoms with Crippen molar-refractivity contribution in [2.45, 2.75) is 4.90 Å². The average Bonchev–Trinajstić information content (AvgIpc) is 2.72. The number of rotatable bonds is 8. The summed E-state index contributed by atoms with van der Waals surface area (Å²) in [6.45, 7) is 0.629. The summed E-state index contributed by atoms with van der Waals surface area (Å²) in [7, 11) is 0.260. The van der Waals surface area contributed by atoms with Gasteiger partial charge in [0.15, 0.2) is 5.82 Å². The Morgan fingerprint density at radius 1 is 0.929 bits per heavy atom. The zero-order valence-corrected chi connectivity index (χ0v) is 16.6. The van der Waals surface area contributed by atoms with Crippen molar-refractivity contribution in [2.75, 3.05) is 37.4 Å². The lowest BCUT2D eigenvalue weighted by Crippen LogP contribution is -2.29. The fourth-order valence-corrected chi connectivity index (χ4v) is 3.64. The molecule has 8 heteroatoms. The summed E-state index contributed by atoms with van der Waals surface area (Å²) in [6, 6.07) is 18.5. The van der Waals surface area contributed by atoms with Crippen molar-refractivity contribution in [1.82, 2.24) is 14.9 Å². The standard InChI is InChI=1S/C20H23N5O2S/c1-25(2)18-14-20(24-22-15-18)21-12-13-23-28(26,27)19-10-8-17(9-11-19)16-6-4-3-5-7-16/h3-11,14-15,23H,12-13H2,1-2H3,(H,21,24). The molecule has 0 radical (unpaired) electrons. The van der Waals surface area contributed by atoms with Crippen molar-refractivity contribution in [1.29, 1.82) is 0 Å². The third kappa shape index (κ3) is 5.05. The Balaban J connectivity index is 1.56. The molecule has 3 aromatic rings. The second-order valence-electron chi connectivity index (χ2n) is 6.41. The number of sulfonamides is 1. The molecule has 1 heterocycles. The normalized spacial score (nSPS) is 11.2. The van der Waals surface area contributed by atoms with Gasteiger partial charge in [-0.1, -0.05) is 42.5 Å². The first-order valence-electron chi connectivity index (χ1n) is 8.85. The van der Waals surface area contributed by atoms with Gasteiger partial charge in [0, 0.05) is 33.3 Å². The Kier molecular flexibility index (Phi) is 6.23. The van der Waals surface area contributed by atoms with Crippen LogP contribution in [-0.4, -0.2) is 45.8 Å². The molecule has 0 aliphatic rings. The second-order valence-corrected chi connectivity index (χ2v) is 8.18. The van der Waals surface area contributed by atoms with Gasteiger partial charge in [-0.3, -0.25) is 0 Å². The second kappa shape index (κ2) is 8.81. The number of aromatic nitrogens is 2. The van der Waals surface area contributed by atoms with Gasteiger partial charge in [-0.25, -0.2) is 13.1 Å². The van der Waals surface area contributed by atoms with E-state index in [2.05, 4.69) is 20.2 Å². The third-order valence-electron chi connectivity index (χ3n) is 4.15. The Morgan fingerprint density at radius 3 is 2.29 bits per heavy atom. The number of hydrogen-bond donors (Lipinski definition) is 2. The molecule has 0 saturated heterocycles. The maximum Gasteiger partial charge on any atom is 0.240 e. The summed E-state index contributed by atoms with van der Waals surface area (Å²) >= 11 is 0.